The molecule has 18 heavy (non-hydrogen) atoms. The van der Waals surface area contributed by atoms with Crippen LogP contribution in [0.4, 0.5) is 8.78 Å². The molecule has 0 radical (unpaired) electrons. The third kappa shape index (κ3) is 2.51. The van der Waals surface area contributed by atoms with E-state index in [4.69, 9.17) is 0 Å². The van der Waals surface area contributed by atoms with Crippen LogP contribution in [0.1, 0.15) is 23.2 Å². The molecule has 98 valence electrons. The Balaban J connectivity index is 2.17. The Hall–Kier alpha value is -1.49. The van der Waals surface area contributed by atoms with Gasteiger partial charge in [-0.3, -0.25) is 4.79 Å². The van der Waals surface area contributed by atoms with Crippen LogP contribution >= 0.6 is 0 Å². The van der Waals surface area contributed by atoms with Gasteiger partial charge in [-0.25, -0.2) is 8.78 Å². The van der Waals surface area contributed by atoms with E-state index in [1.54, 1.807) is 7.05 Å². The predicted molar refractivity (Wildman–Crippen MR) is 64.3 cm³/mol. The number of halogens is 2. The number of likely N-dealkylation sites (N-methyl/N-ethyl adjacent to an activating group) is 1. The van der Waals surface area contributed by atoms with Crippen molar-refractivity contribution in [1.82, 2.24) is 10.2 Å². The Bertz CT molecular complexity index is 445. The summed E-state index contributed by atoms with van der Waals surface area (Å²) >= 11 is 0. The number of amides is 1. The van der Waals surface area contributed by atoms with E-state index >= 15 is 0 Å². The Morgan fingerprint density at radius 3 is 2.89 bits per heavy atom. The number of nitrogens with zero attached hydrogens (tertiary/aromatic N) is 1. The number of carbonyl (C=O) groups excluding carboxylic acids is 1. The zero-order valence-electron chi connectivity index (χ0n) is 10.2. The van der Waals surface area contributed by atoms with Gasteiger partial charge >= 0.3 is 0 Å². The topological polar surface area (TPSA) is 32.3 Å². The molecule has 0 aliphatic carbocycles. The molecule has 1 heterocycles. The number of piperidine rings is 1. The van der Waals surface area contributed by atoms with Crippen LogP contribution < -0.4 is 5.32 Å². The van der Waals surface area contributed by atoms with E-state index in [2.05, 4.69) is 5.32 Å². The molecule has 1 aliphatic heterocycles. The maximum absolute atomic E-state index is 13.5. The van der Waals surface area contributed by atoms with Crippen molar-refractivity contribution in [3.05, 3.63) is 35.4 Å². The number of hydrogen-bond acceptors (Lipinski definition) is 2. The van der Waals surface area contributed by atoms with Crippen molar-refractivity contribution in [3.63, 3.8) is 0 Å². The van der Waals surface area contributed by atoms with E-state index in [0.29, 0.717) is 6.54 Å². The second-order valence-electron chi connectivity index (χ2n) is 4.52. The van der Waals surface area contributed by atoms with Crippen LogP contribution in [0.15, 0.2) is 18.2 Å². The van der Waals surface area contributed by atoms with Crippen molar-refractivity contribution < 1.29 is 13.6 Å². The number of nitrogens with one attached hydrogen (secondary N) is 1. The summed E-state index contributed by atoms with van der Waals surface area (Å²) in [6.07, 6.45) is 1.86. The van der Waals surface area contributed by atoms with Crippen LogP contribution in [-0.4, -0.2) is 37.0 Å². The molecule has 1 amide bonds. The molecule has 0 aromatic heterocycles. The van der Waals surface area contributed by atoms with Gasteiger partial charge in [-0.1, -0.05) is 6.07 Å². The molecule has 0 bridgehead atoms. The van der Waals surface area contributed by atoms with Gasteiger partial charge in [0.15, 0.2) is 11.6 Å². The maximum atomic E-state index is 13.5. The summed E-state index contributed by atoms with van der Waals surface area (Å²) in [5, 5.41) is 3.19. The monoisotopic (exact) mass is 254 g/mol. The van der Waals surface area contributed by atoms with Crippen LogP contribution in [0.3, 0.4) is 0 Å². The normalized spacial score (nSPS) is 19.6. The van der Waals surface area contributed by atoms with Gasteiger partial charge in [0, 0.05) is 19.6 Å². The quantitative estimate of drug-likeness (QED) is 0.872. The summed E-state index contributed by atoms with van der Waals surface area (Å²) in [5.41, 5.74) is -0.205. The van der Waals surface area contributed by atoms with E-state index in [-0.39, 0.29) is 11.6 Å². The fraction of sp³-hybridized carbons (Fsp3) is 0.462. The fourth-order valence-corrected chi connectivity index (χ4v) is 2.19. The summed E-state index contributed by atoms with van der Waals surface area (Å²) in [6.45, 7) is 1.63. The summed E-state index contributed by atoms with van der Waals surface area (Å²) in [5.74, 6) is -2.53. The number of benzene rings is 1. The van der Waals surface area contributed by atoms with Crippen molar-refractivity contribution in [2.45, 2.75) is 18.9 Å². The molecular formula is C13H16F2N2O. The highest BCUT2D eigenvalue weighted by Gasteiger charge is 2.25. The summed E-state index contributed by atoms with van der Waals surface area (Å²) < 4.78 is 26.6. The third-order valence-electron chi connectivity index (χ3n) is 3.32. The molecule has 1 aromatic rings. The van der Waals surface area contributed by atoms with Gasteiger partial charge < -0.3 is 10.2 Å². The Morgan fingerprint density at radius 2 is 2.22 bits per heavy atom. The molecule has 0 unspecified atom stereocenters. The zero-order valence-corrected chi connectivity index (χ0v) is 10.2. The molecule has 1 atom stereocenters. The van der Waals surface area contributed by atoms with Crippen molar-refractivity contribution in [1.29, 1.82) is 0 Å². The minimum atomic E-state index is -1.07. The van der Waals surface area contributed by atoms with E-state index in [0.717, 1.165) is 25.5 Å². The van der Waals surface area contributed by atoms with Crippen LogP contribution in [0.5, 0.6) is 0 Å². The summed E-state index contributed by atoms with van der Waals surface area (Å²) in [4.78, 5) is 13.6. The SMILES string of the molecule is CN(C(=O)c1cccc(F)c1F)[C@H]1CCCNC1. The lowest BCUT2D eigenvalue weighted by Crippen LogP contribution is -2.46. The molecule has 1 fully saturated rings. The second kappa shape index (κ2) is 5.44. The Morgan fingerprint density at radius 1 is 1.44 bits per heavy atom. The number of hydrogen-bond donors (Lipinski definition) is 1. The highest BCUT2D eigenvalue weighted by molar-refractivity contribution is 5.94. The minimum Gasteiger partial charge on any atom is -0.337 e. The van der Waals surface area contributed by atoms with Gasteiger partial charge in [-0.15, -0.1) is 0 Å². The van der Waals surface area contributed by atoms with Gasteiger partial charge in [0.25, 0.3) is 5.91 Å². The van der Waals surface area contributed by atoms with Gasteiger partial charge in [0.1, 0.15) is 0 Å². The number of carbonyl (C=O) groups is 1. The lowest BCUT2D eigenvalue weighted by Gasteiger charge is -2.31. The van der Waals surface area contributed by atoms with Gasteiger partial charge in [0.2, 0.25) is 0 Å². The molecule has 0 spiro atoms. The first kappa shape index (κ1) is 13.0. The lowest BCUT2D eigenvalue weighted by molar-refractivity contribution is 0.0702. The summed E-state index contributed by atoms with van der Waals surface area (Å²) in [7, 11) is 1.63. The molecule has 2 rings (SSSR count). The average molecular weight is 254 g/mol. The fourth-order valence-electron chi connectivity index (χ4n) is 2.19. The third-order valence-corrected chi connectivity index (χ3v) is 3.32. The highest BCUT2D eigenvalue weighted by atomic mass is 19.2. The molecule has 1 aliphatic rings. The Kier molecular flexibility index (Phi) is 3.91. The van der Waals surface area contributed by atoms with E-state index in [1.165, 1.54) is 17.0 Å². The molecule has 0 saturated carbocycles. The van der Waals surface area contributed by atoms with Gasteiger partial charge in [-0.2, -0.15) is 0 Å². The van der Waals surface area contributed by atoms with Crippen LogP contribution in [0.2, 0.25) is 0 Å². The number of rotatable bonds is 2. The van der Waals surface area contributed by atoms with Crippen LogP contribution in [0.25, 0.3) is 0 Å². The molecule has 5 heteroatoms. The van der Waals surface area contributed by atoms with Crippen molar-refractivity contribution in [2.24, 2.45) is 0 Å². The first-order chi connectivity index (χ1) is 8.61. The largest absolute Gasteiger partial charge is 0.337 e. The first-order valence-electron chi connectivity index (χ1n) is 6.03. The molecule has 1 saturated heterocycles. The summed E-state index contributed by atoms with van der Waals surface area (Å²) in [6, 6.07) is 3.70. The van der Waals surface area contributed by atoms with Gasteiger partial charge in [-0.05, 0) is 31.5 Å². The standard InChI is InChI=1S/C13H16F2N2O/c1-17(9-4-3-7-16-8-9)13(18)10-5-2-6-11(14)12(10)15/h2,5-6,9,16H,3-4,7-8H2,1H3/t9-/m0/s1. The molecule has 1 N–H and O–H groups in total. The lowest BCUT2D eigenvalue weighted by atomic mass is 10.0. The molecule has 1 aromatic carbocycles. The van der Waals surface area contributed by atoms with Crippen molar-refractivity contribution >= 4 is 5.91 Å². The molecular weight excluding hydrogens is 238 g/mol. The van der Waals surface area contributed by atoms with Crippen LogP contribution in [-0.2, 0) is 0 Å². The van der Waals surface area contributed by atoms with E-state index in [1.807, 2.05) is 0 Å². The minimum absolute atomic E-state index is 0.0360. The maximum Gasteiger partial charge on any atom is 0.256 e. The first-order valence-corrected chi connectivity index (χ1v) is 6.03. The van der Waals surface area contributed by atoms with E-state index in [9.17, 15) is 13.6 Å². The Labute approximate surface area is 105 Å². The van der Waals surface area contributed by atoms with Crippen molar-refractivity contribution in [3.8, 4) is 0 Å². The van der Waals surface area contributed by atoms with Crippen molar-refractivity contribution in [2.75, 3.05) is 20.1 Å². The second-order valence-corrected chi connectivity index (χ2v) is 4.52. The van der Waals surface area contributed by atoms with E-state index < -0.39 is 17.5 Å². The van der Waals surface area contributed by atoms with Crippen LogP contribution in [0, 0.1) is 11.6 Å². The smallest absolute Gasteiger partial charge is 0.256 e. The average Bonchev–Trinajstić information content (AvgIpc) is 2.41. The molecule has 3 nitrogen and oxygen atoms in total. The highest BCUT2D eigenvalue weighted by Crippen LogP contribution is 2.16. The van der Waals surface area contributed by atoms with Gasteiger partial charge in [0.05, 0.1) is 5.56 Å². The zero-order chi connectivity index (χ0) is 13.1. The predicted octanol–water partition coefficient (Wildman–Crippen LogP) is 1.79.